The largest absolute Gasteiger partial charge is 0.354 e. The highest BCUT2D eigenvalue weighted by Gasteiger charge is 2.35. The zero-order valence-electron chi connectivity index (χ0n) is 29.7. The van der Waals surface area contributed by atoms with Crippen LogP contribution in [0.4, 0.5) is 0 Å². The van der Waals surface area contributed by atoms with Gasteiger partial charge in [0.2, 0.25) is 0 Å². The summed E-state index contributed by atoms with van der Waals surface area (Å²) in [5.74, 6) is 0. The van der Waals surface area contributed by atoms with Crippen molar-refractivity contribution in [1.82, 2.24) is 9.97 Å². The van der Waals surface area contributed by atoms with Gasteiger partial charge in [-0.15, -0.1) is 0 Å². The molecular weight excluding hydrogens is 691 g/mol. The van der Waals surface area contributed by atoms with E-state index in [-0.39, 0.29) is 5.25 Å². The second-order valence-corrected chi connectivity index (χ2v) is 14.6. The lowest BCUT2D eigenvalue weighted by molar-refractivity contribution is 1.13. The van der Waals surface area contributed by atoms with Crippen molar-refractivity contribution >= 4 is 51.2 Å². The molecule has 4 aromatic carbocycles. The summed E-state index contributed by atoms with van der Waals surface area (Å²) in [7, 11) is 0. The van der Waals surface area contributed by atoms with E-state index in [1.165, 1.54) is 0 Å². The van der Waals surface area contributed by atoms with Gasteiger partial charge in [0.25, 0.3) is 0 Å². The van der Waals surface area contributed by atoms with Gasteiger partial charge in [0.1, 0.15) is 0 Å². The number of hydrogen-bond donors (Lipinski definition) is 1. The van der Waals surface area contributed by atoms with Crippen LogP contribution in [0.2, 0.25) is 0 Å². The maximum atomic E-state index is 5.48. The van der Waals surface area contributed by atoms with Crippen LogP contribution in [0.15, 0.2) is 225 Å². The van der Waals surface area contributed by atoms with Crippen LogP contribution in [0.3, 0.4) is 0 Å². The molecule has 2 aromatic heterocycles. The summed E-state index contributed by atoms with van der Waals surface area (Å²) in [6, 6.07) is 52.5. The zero-order chi connectivity index (χ0) is 36.6. The highest BCUT2D eigenvalue weighted by Crippen LogP contribution is 2.45. The van der Waals surface area contributed by atoms with Crippen LogP contribution in [0.25, 0.3) is 22.3 Å². The molecule has 6 heterocycles. The Hall–Kier alpha value is -6.89. The number of pyridine rings is 1. The number of H-pyrrole nitrogens is 1. The minimum atomic E-state index is -0.216. The van der Waals surface area contributed by atoms with E-state index in [0.717, 1.165) is 94.4 Å². The van der Waals surface area contributed by atoms with Gasteiger partial charge in [-0.1, -0.05) is 139 Å². The molecule has 0 fully saturated rings. The molecule has 0 radical (unpaired) electrons. The SMILES string of the molecule is C1=CC2=C(c3ccccc3)C3=CN=C(C(c4ccccc4)=C4C=CC(=N4)C(c4ccccc4)=c4ccc([nH]4)=C(c4ccccc4)C1=N2)C3Sc1ccccn1. The predicted molar refractivity (Wildman–Crippen MR) is 227 cm³/mol. The van der Waals surface area contributed by atoms with Crippen molar-refractivity contribution in [3.8, 4) is 0 Å². The molecule has 1 atom stereocenters. The maximum Gasteiger partial charge on any atom is 0.0969 e. The number of benzene rings is 4. The normalized spacial score (nSPS) is 17.4. The van der Waals surface area contributed by atoms with E-state index < -0.39 is 0 Å². The summed E-state index contributed by atoms with van der Waals surface area (Å²) in [6.45, 7) is 0. The van der Waals surface area contributed by atoms with Crippen LogP contribution in [0.5, 0.6) is 0 Å². The minimum absolute atomic E-state index is 0.216. The molecule has 10 rings (SSSR count). The number of aromatic amines is 1. The molecule has 0 saturated carbocycles. The molecule has 8 bridgehead atoms. The van der Waals surface area contributed by atoms with Crippen LogP contribution < -0.4 is 10.7 Å². The van der Waals surface area contributed by atoms with E-state index in [1.54, 1.807) is 11.8 Å². The van der Waals surface area contributed by atoms with Crippen molar-refractivity contribution in [3.05, 3.63) is 238 Å². The Kier molecular flexibility index (Phi) is 8.43. The van der Waals surface area contributed by atoms with E-state index in [0.29, 0.717) is 0 Å². The van der Waals surface area contributed by atoms with Crippen LogP contribution in [0.1, 0.15) is 22.3 Å². The van der Waals surface area contributed by atoms with Gasteiger partial charge >= 0.3 is 0 Å². The fourth-order valence-electron chi connectivity index (χ4n) is 7.63. The standard InChI is InChI=1S/C49H33N5S/c1-5-15-32(16-6-1)44-36-31-51-48(49(36)55-43-23-13-14-30-50-43)47(35-21-11-4-12-22-35)42-29-28-41(54-42)46(34-19-9-3-10-20-34)40-27-26-39(53-40)45(33-17-7-2-8-18-33)38-25-24-37(44)52-38/h1-31,49,53H. The molecule has 0 saturated heterocycles. The zero-order valence-corrected chi connectivity index (χ0v) is 30.5. The average Bonchev–Trinajstić information content (AvgIpc) is 4.08. The molecule has 260 valence electrons. The monoisotopic (exact) mass is 723 g/mol. The summed E-state index contributed by atoms with van der Waals surface area (Å²) < 4.78 is 0. The summed E-state index contributed by atoms with van der Waals surface area (Å²) in [5.41, 5.74) is 13.8. The first kappa shape index (κ1) is 32.7. The van der Waals surface area contributed by atoms with Gasteiger partial charge in [0.05, 0.1) is 38.8 Å². The fraction of sp³-hybridized carbons (Fsp3) is 0.0204. The van der Waals surface area contributed by atoms with Gasteiger partial charge in [-0.3, -0.25) is 4.99 Å². The van der Waals surface area contributed by atoms with E-state index >= 15 is 0 Å². The maximum absolute atomic E-state index is 5.48. The van der Waals surface area contributed by atoms with Crippen molar-refractivity contribution in [2.45, 2.75) is 10.3 Å². The summed E-state index contributed by atoms with van der Waals surface area (Å²) >= 11 is 1.70. The molecule has 55 heavy (non-hydrogen) atoms. The molecule has 4 aliphatic heterocycles. The van der Waals surface area contributed by atoms with Crippen molar-refractivity contribution < 1.29 is 0 Å². The summed E-state index contributed by atoms with van der Waals surface area (Å²) in [4.78, 5) is 24.9. The third kappa shape index (κ3) is 6.12. The van der Waals surface area contributed by atoms with Crippen LogP contribution in [0, 0.1) is 0 Å². The Morgan fingerprint density at radius 1 is 0.455 bits per heavy atom. The topological polar surface area (TPSA) is 65.8 Å². The molecule has 4 aliphatic rings. The van der Waals surface area contributed by atoms with Crippen molar-refractivity contribution in [1.29, 1.82) is 0 Å². The average molecular weight is 724 g/mol. The summed E-state index contributed by atoms with van der Waals surface area (Å²) in [5, 5.41) is 2.65. The Balaban J connectivity index is 1.32. The molecule has 0 spiro atoms. The third-order valence-electron chi connectivity index (χ3n) is 10.1. The summed E-state index contributed by atoms with van der Waals surface area (Å²) in [6.07, 6.45) is 12.5. The first-order chi connectivity index (χ1) is 27.3. The number of thioether (sulfide) groups is 1. The number of fused-ring (bicyclic) bond motifs is 6. The third-order valence-corrected chi connectivity index (χ3v) is 11.3. The van der Waals surface area contributed by atoms with Crippen molar-refractivity contribution in [2.24, 2.45) is 15.0 Å². The molecule has 6 heteroatoms. The fourth-order valence-corrected chi connectivity index (χ4v) is 8.75. The first-order valence-corrected chi connectivity index (χ1v) is 19.2. The van der Waals surface area contributed by atoms with Gasteiger partial charge in [0, 0.05) is 45.4 Å². The van der Waals surface area contributed by atoms with Gasteiger partial charge in [-0.2, -0.15) is 0 Å². The Bertz CT molecular complexity index is 2660. The van der Waals surface area contributed by atoms with E-state index in [1.807, 2.05) is 30.6 Å². The number of nitrogens with one attached hydrogen (secondary N) is 1. The van der Waals surface area contributed by atoms with Crippen LogP contribution in [-0.2, 0) is 0 Å². The molecular formula is C49H33N5S. The van der Waals surface area contributed by atoms with E-state index in [2.05, 4.69) is 163 Å². The molecule has 0 aliphatic carbocycles. The number of allylic oxidation sites excluding steroid dienone is 6. The van der Waals surface area contributed by atoms with Gasteiger partial charge in [0.15, 0.2) is 0 Å². The van der Waals surface area contributed by atoms with Gasteiger partial charge < -0.3 is 4.98 Å². The molecule has 6 aromatic rings. The van der Waals surface area contributed by atoms with Crippen molar-refractivity contribution in [3.63, 3.8) is 0 Å². The second kappa shape index (κ2) is 14.2. The highest BCUT2D eigenvalue weighted by molar-refractivity contribution is 8.00. The molecule has 5 nitrogen and oxygen atoms in total. The number of hydrogen-bond acceptors (Lipinski definition) is 5. The van der Waals surface area contributed by atoms with Crippen LogP contribution in [-0.4, -0.2) is 32.4 Å². The molecule has 1 unspecified atom stereocenters. The number of aliphatic imine (C=N–C) groups is 3. The number of aromatic nitrogens is 2. The first-order valence-electron chi connectivity index (χ1n) is 18.3. The molecule has 1 N–H and O–H groups in total. The van der Waals surface area contributed by atoms with Gasteiger partial charge in [-0.05, 0) is 76.4 Å². The van der Waals surface area contributed by atoms with E-state index in [4.69, 9.17) is 20.0 Å². The number of rotatable bonds is 6. The van der Waals surface area contributed by atoms with Crippen LogP contribution >= 0.6 is 11.8 Å². The Morgan fingerprint density at radius 3 is 1.44 bits per heavy atom. The Labute approximate surface area is 323 Å². The lowest BCUT2D eigenvalue weighted by atomic mass is 9.89. The Morgan fingerprint density at radius 2 is 0.927 bits per heavy atom. The molecule has 0 amide bonds. The smallest absolute Gasteiger partial charge is 0.0969 e. The van der Waals surface area contributed by atoms with E-state index in [9.17, 15) is 0 Å². The lowest BCUT2D eigenvalue weighted by Gasteiger charge is -2.22. The van der Waals surface area contributed by atoms with Crippen molar-refractivity contribution in [2.75, 3.05) is 0 Å². The predicted octanol–water partition coefficient (Wildman–Crippen LogP) is 9.16. The number of nitrogens with zero attached hydrogens (tertiary/aromatic N) is 4. The second-order valence-electron chi connectivity index (χ2n) is 13.4. The quantitative estimate of drug-likeness (QED) is 0.186. The van der Waals surface area contributed by atoms with Gasteiger partial charge in [-0.25, -0.2) is 15.0 Å². The lowest BCUT2D eigenvalue weighted by Crippen LogP contribution is -2.21. The minimum Gasteiger partial charge on any atom is -0.354 e. The highest BCUT2D eigenvalue weighted by atomic mass is 32.2.